The summed E-state index contributed by atoms with van der Waals surface area (Å²) < 4.78 is 19.7. The third-order valence-corrected chi connectivity index (χ3v) is 2.76. The van der Waals surface area contributed by atoms with Gasteiger partial charge in [-0.2, -0.15) is 0 Å². The Morgan fingerprint density at radius 3 is 2.44 bits per heavy atom. The Kier molecular flexibility index (Phi) is 3.62. The first-order chi connectivity index (χ1) is 8.58. The van der Waals surface area contributed by atoms with E-state index in [1.165, 1.54) is 12.1 Å². The Hall–Kier alpha value is -1.88. The summed E-state index contributed by atoms with van der Waals surface area (Å²) in [7, 11) is 0. The molecule has 0 aliphatic rings. The van der Waals surface area contributed by atoms with Gasteiger partial charge in [-0.25, -0.2) is 9.18 Å². The molecule has 0 unspecified atom stereocenters. The van der Waals surface area contributed by atoms with Crippen molar-refractivity contribution in [3.8, 4) is 11.5 Å². The molecule has 2 rings (SSSR count). The van der Waals surface area contributed by atoms with Crippen LogP contribution in [0.25, 0.3) is 0 Å². The average Bonchev–Trinajstić information content (AvgIpc) is 2.34. The molecule has 0 saturated carbocycles. The molecule has 3 nitrogen and oxygen atoms in total. The van der Waals surface area contributed by atoms with Crippen molar-refractivity contribution in [2.45, 2.75) is 0 Å². The first kappa shape index (κ1) is 12.6. The molecule has 1 N–H and O–H groups in total. The maximum absolute atomic E-state index is 13.6. The van der Waals surface area contributed by atoms with Crippen LogP contribution in [0.1, 0.15) is 10.4 Å². The number of rotatable bonds is 3. The van der Waals surface area contributed by atoms with Gasteiger partial charge in [0.15, 0.2) is 11.6 Å². The summed E-state index contributed by atoms with van der Waals surface area (Å²) in [5, 5.41) is 8.96. The van der Waals surface area contributed by atoms with Gasteiger partial charge in [-0.05, 0) is 36.4 Å². The highest BCUT2D eigenvalue weighted by Gasteiger charge is 2.16. The number of carbonyl (C=O) groups is 1. The monoisotopic (exact) mass is 310 g/mol. The van der Waals surface area contributed by atoms with Crippen molar-refractivity contribution in [2.75, 3.05) is 0 Å². The van der Waals surface area contributed by atoms with Crippen molar-refractivity contribution in [2.24, 2.45) is 0 Å². The van der Waals surface area contributed by atoms with E-state index in [2.05, 4.69) is 15.9 Å². The second-order valence-corrected chi connectivity index (χ2v) is 4.39. The fraction of sp³-hybridized carbons (Fsp3) is 0. The molecular weight excluding hydrogens is 303 g/mol. The average molecular weight is 311 g/mol. The molecule has 0 saturated heterocycles. The van der Waals surface area contributed by atoms with Crippen LogP contribution in [0.15, 0.2) is 46.9 Å². The van der Waals surface area contributed by atoms with Gasteiger partial charge in [0.1, 0.15) is 11.3 Å². The standard InChI is InChI=1S/C13H8BrFO3/c14-8-4-6-9(7-5-8)18-12-10(13(16)17)2-1-3-11(12)15/h1-7H,(H,16,17). The van der Waals surface area contributed by atoms with Crippen LogP contribution in [0.4, 0.5) is 4.39 Å². The van der Waals surface area contributed by atoms with Gasteiger partial charge in [-0.1, -0.05) is 22.0 Å². The number of carboxylic acid groups (broad SMARTS) is 1. The van der Waals surface area contributed by atoms with Gasteiger partial charge in [0.2, 0.25) is 0 Å². The summed E-state index contributed by atoms with van der Waals surface area (Å²) in [6, 6.07) is 10.4. The van der Waals surface area contributed by atoms with Crippen LogP contribution in [0.3, 0.4) is 0 Å². The van der Waals surface area contributed by atoms with Crippen LogP contribution >= 0.6 is 15.9 Å². The van der Waals surface area contributed by atoms with E-state index < -0.39 is 11.8 Å². The molecule has 0 heterocycles. The topological polar surface area (TPSA) is 46.5 Å². The normalized spacial score (nSPS) is 10.1. The molecule has 0 amide bonds. The number of aromatic carboxylic acids is 1. The molecule has 0 aliphatic carbocycles. The zero-order chi connectivity index (χ0) is 13.1. The molecule has 18 heavy (non-hydrogen) atoms. The molecule has 92 valence electrons. The van der Waals surface area contributed by atoms with E-state index in [4.69, 9.17) is 9.84 Å². The first-order valence-electron chi connectivity index (χ1n) is 5.03. The molecule has 2 aromatic rings. The molecule has 0 bridgehead atoms. The highest BCUT2D eigenvalue weighted by atomic mass is 79.9. The third kappa shape index (κ3) is 2.68. The van der Waals surface area contributed by atoms with Crippen LogP contribution in [0.2, 0.25) is 0 Å². The van der Waals surface area contributed by atoms with Crippen molar-refractivity contribution in [3.05, 3.63) is 58.3 Å². The molecule has 0 radical (unpaired) electrons. The number of para-hydroxylation sites is 1. The predicted octanol–water partition coefficient (Wildman–Crippen LogP) is 4.08. The van der Waals surface area contributed by atoms with Crippen LogP contribution in [0.5, 0.6) is 11.5 Å². The van der Waals surface area contributed by atoms with Crippen molar-refractivity contribution < 1.29 is 19.0 Å². The van der Waals surface area contributed by atoms with Crippen LogP contribution in [0, 0.1) is 5.82 Å². The van der Waals surface area contributed by atoms with E-state index in [0.29, 0.717) is 5.75 Å². The summed E-state index contributed by atoms with van der Waals surface area (Å²) in [4.78, 5) is 11.0. The van der Waals surface area contributed by atoms with E-state index in [1.54, 1.807) is 24.3 Å². The second-order valence-electron chi connectivity index (χ2n) is 3.48. The molecule has 0 spiro atoms. The Labute approximate surface area is 111 Å². The number of carboxylic acids is 1. The minimum absolute atomic E-state index is 0.210. The summed E-state index contributed by atoms with van der Waals surface area (Å²) in [6.45, 7) is 0. The van der Waals surface area contributed by atoms with Gasteiger partial charge in [-0.15, -0.1) is 0 Å². The highest BCUT2D eigenvalue weighted by molar-refractivity contribution is 9.10. The number of hydrogen-bond acceptors (Lipinski definition) is 2. The fourth-order valence-corrected chi connectivity index (χ4v) is 1.67. The van der Waals surface area contributed by atoms with E-state index in [9.17, 15) is 9.18 Å². The SMILES string of the molecule is O=C(O)c1cccc(F)c1Oc1ccc(Br)cc1. The maximum atomic E-state index is 13.6. The lowest BCUT2D eigenvalue weighted by atomic mass is 10.2. The van der Waals surface area contributed by atoms with E-state index in [0.717, 1.165) is 10.5 Å². The zero-order valence-electron chi connectivity index (χ0n) is 9.06. The molecule has 0 aliphatic heterocycles. The lowest BCUT2D eigenvalue weighted by molar-refractivity contribution is 0.0693. The summed E-state index contributed by atoms with van der Waals surface area (Å²) in [5.74, 6) is -1.86. The molecule has 2 aromatic carbocycles. The van der Waals surface area contributed by atoms with Crippen molar-refractivity contribution in [3.63, 3.8) is 0 Å². The number of hydrogen-bond donors (Lipinski definition) is 1. The van der Waals surface area contributed by atoms with Crippen molar-refractivity contribution in [1.82, 2.24) is 0 Å². The lowest BCUT2D eigenvalue weighted by Crippen LogP contribution is -2.01. The van der Waals surface area contributed by atoms with E-state index in [1.807, 2.05) is 0 Å². The molecule has 0 fully saturated rings. The first-order valence-corrected chi connectivity index (χ1v) is 5.82. The van der Waals surface area contributed by atoms with Gasteiger partial charge in [0.05, 0.1) is 0 Å². The number of halogens is 2. The van der Waals surface area contributed by atoms with Gasteiger partial charge in [-0.3, -0.25) is 0 Å². The fourth-order valence-electron chi connectivity index (χ4n) is 1.40. The quantitative estimate of drug-likeness (QED) is 0.929. The van der Waals surface area contributed by atoms with E-state index >= 15 is 0 Å². The minimum Gasteiger partial charge on any atom is -0.478 e. The number of ether oxygens (including phenoxy) is 1. The summed E-state index contributed by atoms with van der Waals surface area (Å²) in [6.07, 6.45) is 0. The Bertz CT molecular complexity index is 581. The highest BCUT2D eigenvalue weighted by Crippen LogP contribution is 2.29. The van der Waals surface area contributed by atoms with Crippen LogP contribution < -0.4 is 4.74 Å². The molecule has 0 atom stereocenters. The smallest absolute Gasteiger partial charge is 0.339 e. The largest absolute Gasteiger partial charge is 0.478 e. The third-order valence-electron chi connectivity index (χ3n) is 2.23. The van der Waals surface area contributed by atoms with Gasteiger partial charge in [0, 0.05) is 4.47 Å². The van der Waals surface area contributed by atoms with Crippen LogP contribution in [-0.4, -0.2) is 11.1 Å². The molecular formula is C13H8BrFO3. The van der Waals surface area contributed by atoms with Crippen molar-refractivity contribution >= 4 is 21.9 Å². The van der Waals surface area contributed by atoms with Gasteiger partial charge in [0.25, 0.3) is 0 Å². The van der Waals surface area contributed by atoms with E-state index in [-0.39, 0.29) is 11.3 Å². The Morgan fingerprint density at radius 2 is 1.83 bits per heavy atom. The zero-order valence-corrected chi connectivity index (χ0v) is 10.6. The Balaban J connectivity index is 2.39. The van der Waals surface area contributed by atoms with Crippen molar-refractivity contribution in [1.29, 1.82) is 0 Å². The second kappa shape index (κ2) is 5.18. The van der Waals surface area contributed by atoms with Gasteiger partial charge >= 0.3 is 5.97 Å². The number of benzene rings is 2. The molecule has 5 heteroatoms. The Morgan fingerprint density at radius 1 is 1.17 bits per heavy atom. The lowest BCUT2D eigenvalue weighted by Gasteiger charge is -2.09. The summed E-state index contributed by atoms with van der Waals surface area (Å²) >= 11 is 3.26. The van der Waals surface area contributed by atoms with Crippen LogP contribution in [-0.2, 0) is 0 Å². The molecule has 0 aromatic heterocycles. The van der Waals surface area contributed by atoms with Gasteiger partial charge < -0.3 is 9.84 Å². The minimum atomic E-state index is -1.23. The summed E-state index contributed by atoms with van der Waals surface area (Å²) in [5.41, 5.74) is -0.210. The predicted molar refractivity (Wildman–Crippen MR) is 67.6 cm³/mol. The maximum Gasteiger partial charge on any atom is 0.339 e.